The number of benzene rings is 1. The normalized spacial score (nSPS) is 19.2. The van der Waals surface area contributed by atoms with E-state index >= 15 is 0 Å². The van der Waals surface area contributed by atoms with Crippen LogP contribution in [0.3, 0.4) is 0 Å². The minimum absolute atomic E-state index is 0.0248. The summed E-state index contributed by atoms with van der Waals surface area (Å²) in [6, 6.07) is 7.52. The van der Waals surface area contributed by atoms with Gasteiger partial charge in [-0.2, -0.15) is 11.8 Å². The maximum absolute atomic E-state index is 12.7. The maximum atomic E-state index is 12.7. The lowest BCUT2D eigenvalue weighted by atomic mass is 10.1. The van der Waals surface area contributed by atoms with Crippen LogP contribution in [0, 0.1) is 0 Å². The van der Waals surface area contributed by atoms with Gasteiger partial charge in [-0.05, 0) is 31.2 Å². The Morgan fingerprint density at radius 2 is 2.14 bits per heavy atom. The van der Waals surface area contributed by atoms with E-state index in [0.717, 1.165) is 22.8 Å². The van der Waals surface area contributed by atoms with Gasteiger partial charge in [0.2, 0.25) is 0 Å². The van der Waals surface area contributed by atoms with E-state index < -0.39 is 11.2 Å². The van der Waals surface area contributed by atoms with Gasteiger partial charge in [-0.1, -0.05) is 12.1 Å². The molecule has 21 heavy (non-hydrogen) atoms. The molecule has 0 spiro atoms. The van der Waals surface area contributed by atoms with Crippen LogP contribution >= 0.6 is 23.5 Å². The van der Waals surface area contributed by atoms with Crippen molar-refractivity contribution in [2.75, 3.05) is 18.6 Å². The summed E-state index contributed by atoms with van der Waals surface area (Å²) in [4.78, 5) is 26.2. The topological polar surface area (TPSA) is 57.6 Å². The number of carbonyl (C=O) groups is 2. The van der Waals surface area contributed by atoms with E-state index in [1.165, 1.54) is 11.8 Å². The number of aliphatic carboxylic acids is 1. The van der Waals surface area contributed by atoms with Crippen molar-refractivity contribution in [3.8, 4) is 0 Å². The van der Waals surface area contributed by atoms with Gasteiger partial charge in [0.25, 0.3) is 5.91 Å². The van der Waals surface area contributed by atoms with E-state index in [-0.39, 0.29) is 11.9 Å². The predicted octanol–water partition coefficient (Wildman–Crippen LogP) is 2.83. The van der Waals surface area contributed by atoms with Crippen molar-refractivity contribution in [1.82, 2.24) is 4.90 Å². The van der Waals surface area contributed by atoms with E-state index in [2.05, 4.69) is 0 Å². The van der Waals surface area contributed by atoms with Crippen LogP contribution in [0.2, 0.25) is 0 Å². The molecule has 1 aromatic rings. The van der Waals surface area contributed by atoms with Crippen molar-refractivity contribution in [2.24, 2.45) is 0 Å². The van der Waals surface area contributed by atoms with Gasteiger partial charge in [0.1, 0.15) is 5.25 Å². The summed E-state index contributed by atoms with van der Waals surface area (Å²) in [6.45, 7) is 1.63. The largest absolute Gasteiger partial charge is 0.480 e. The molecular weight excluding hydrogens is 306 g/mol. The molecule has 2 rings (SSSR count). The molecule has 0 saturated carbocycles. The molecule has 114 valence electrons. The van der Waals surface area contributed by atoms with Gasteiger partial charge in [-0.25, -0.2) is 0 Å². The van der Waals surface area contributed by atoms with Gasteiger partial charge >= 0.3 is 5.97 Å². The zero-order valence-corrected chi connectivity index (χ0v) is 13.7. The molecule has 4 nitrogen and oxygen atoms in total. The highest BCUT2D eigenvalue weighted by Crippen LogP contribution is 2.29. The van der Waals surface area contributed by atoms with Crippen LogP contribution in [0.5, 0.6) is 0 Å². The molecule has 1 aliphatic rings. The van der Waals surface area contributed by atoms with Crippen molar-refractivity contribution >= 4 is 35.4 Å². The van der Waals surface area contributed by atoms with Gasteiger partial charge in [0, 0.05) is 23.7 Å². The predicted molar refractivity (Wildman–Crippen MR) is 87.2 cm³/mol. The molecule has 1 N–H and O–H groups in total. The average Bonchev–Trinajstić information content (AvgIpc) is 3.00. The first kappa shape index (κ1) is 16.2. The molecule has 1 heterocycles. The highest BCUT2D eigenvalue weighted by atomic mass is 32.2. The summed E-state index contributed by atoms with van der Waals surface area (Å²) in [5, 5.41) is 8.46. The number of carboxylic acid groups (broad SMARTS) is 1. The molecule has 2 atom stereocenters. The Kier molecular flexibility index (Phi) is 5.58. The van der Waals surface area contributed by atoms with E-state index in [1.807, 2.05) is 37.0 Å². The molecular formula is C15H19NO3S2. The Morgan fingerprint density at radius 3 is 2.76 bits per heavy atom. The smallest absolute Gasteiger partial charge is 0.316 e. The van der Waals surface area contributed by atoms with Crippen LogP contribution in [-0.4, -0.2) is 51.7 Å². The summed E-state index contributed by atoms with van der Waals surface area (Å²) in [5.74, 6) is 1.17. The van der Waals surface area contributed by atoms with Crippen molar-refractivity contribution in [3.63, 3.8) is 0 Å². The molecule has 1 saturated heterocycles. The second-order valence-electron chi connectivity index (χ2n) is 5.03. The molecule has 1 aromatic carbocycles. The zero-order valence-electron chi connectivity index (χ0n) is 12.1. The number of hydrogen-bond acceptors (Lipinski definition) is 4. The first-order chi connectivity index (χ1) is 10.0. The SMILES string of the molecule is CC(Sc1ccccc1C(=O)N(C)C1CCSC1)C(=O)O. The maximum Gasteiger partial charge on any atom is 0.316 e. The van der Waals surface area contributed by atoms with Crippen LogP contribution in [0.4, 0.5) is 0 Å². The fourth-order valence-corrected chi connectivity index (χ4v) is 4.36. The third kappa shape index (κ3) is 3.95. The van der Waals surface area contributed by atoms with E-state index in [4.69, 9.17) is 5.11 Å². The Hall–Kier alpha value is -1.14. The van der Waals surface area contributed by atoms with Crippen molar-refractivity contribution in [1.29, 1.82) is 0 Å². The Labute approximate surface area is 133 Å². The lowest BCUT2D eigenvalue weighted by Gasteiger charge is -2.25. The second-order valence-corrected chi connectivity index (χ2v) is 7.56. The third-order valence-electron chi connectivity index (χ3n) is 3.54. The van der Waals surface area contributed by atoms with Crippen LogP contribution in [0.1, 0.15) is 23.7 Å². The van der Waals surface area contributed by atoms with Crippen molar-refractivity contribution in [2.45, 2.75) is 29.5 Å². The number of carboxylic acids is 1. The van der Waals surface area contributed by atoms with Crippen molar-refractivity contribution in [3.05, 3.63) is 29.8 Å². The molecule has 0 bridgehead atoms. The van der Waals surface area contributed by atoms with Crippen molar-refractivity contribution < 1.29 is 14.7 Å². The number of thioether (sulfide) groups is 2. The standard InChI is InChI=1S/C15H19NO3S2/c1-10(15(18)19)21-13-6-4-3-5-12(13)14(17)16(2)11-7-8-20-9-11/h3-6,10-11H,7-9H2,1-2H3,(H,18,19). The zero-order chi connectivity index (χ0) is 15.4. The van der Waals surface area contributed by atoms with Gasteiger partial charge < -0.3 is 10.0 Å². The molecule has 0 aliphatic carbocycles. The first-order valence-electron chi connectivity index (χ1n) is 6.84. The number of hydrogen-bond donors (Lipinski definition) is 1. The number of nitrogens with zero attached hydrogens (tertiary/aromatic N) is 1. The minimum atomic E-state index is -0.872. The molecule has 0 radical (unpaired) electrons. The Morgan fingerprint density at radius 1 is 1.43 bits per heavy atom. The second kappa shape index (κ2) is 7.22. The molecule has 0 aromatic heterocycles. The summed E-state index contributed by atoms with van der Waals surface area (Å²) in [5.41, 5.74) is 0.593. The summed E-state index contributed by atoms with van der Waals surface area (Å²) in [7, 11) is 1.83. The Balaban J connectivity index is 2.18. The van der Waals surface area contributed by atoms with E-state index in [1.54, 1.807) is 17.9 Å². The Bertz CT molecular complexity index is 529. The molecule has 2 unspecified atom stereocenters. The van der Waals surface area contributed by atoms with Crippen LogP contribution in [0.15, 0.2) is 29.2 Å². The van der Waals surface area contributed by atoms with Crippen LogP contribution < -0.4 is 0 Å². The molecule has 1 fully saturated rings. The monoisotopic (exact) mass is 325 g/mol. The first-order valence-corrected chi connectivity index (χ1v) is 8.87. The van der Waals surface area contributed by atoms with Crippen LogP contribution in [-0.2, 0) is 4.79 Å². The van der Waals surface area contributed by atoms with E-state index in [9.17, 15) is 9.59 Å². The lowest BCUT2D eigenvalue weighted by molar-refractivity contribution is -0.136. The summed E-state index contributed by atoms with van der Waals surface area (Å²) < 4.78 is 0. The molecule has 1 amide bonds. The number of amides is 1. The van der Waals surface area contributed by atoms with Gasteiger partial charge in [-0.15, -0.1) is 11.8 Å². The fraction of sp³-hybridized carbons (Fsp3) is 0.467. The third-order valence-corrected chi connectivity index (χ3v) is 5.85. The van der Waals surface area contributed by atoms with Crippen LogP contribution in [0.25, 0.3) is 0 Å². The van der Waals surface area contributed by atoms with E-state index in [0.29, 0.717) is 5.56 Å². The lowest BCUT2D eigenvalue weighted by Crippen LogP contribution is -2.37. The van der Waals surface area contributed by atoms with Gasteiger partial charge in [0.15, 0.2) is 0 Å². The fourth-order valence-electron chi connectivity index (χ4n) is 2.17. The molecule has 1 aliphatic heterocycles. The van der Waals surface area contributed by atoms with Gasteiger partial charge in [0.05, 0.1) is 5.56 Å². The molecule has 6 heteroatoms. The summed E-state index contributed by atoms with van der Waals surface area (Å²) >= 11 is 3.08. The van der Waals surface area contributed by atoms with Gasteiger partial charge in [-0.3, -0.25) is 9.59 Å². The quantitative estimate of drug-likeness (QED) is 0.844. The summed E-state index contributed by atoms with van der Waals surface area (Å²) in [6.07, 6.45) is 1.02. The number of carbonyl (C=O) groups excluding carboxylic acids is 1. The highest BCUT2D eigenvalue weighted by Gasteiger charge is 2.26. The number of rotatable bonds is 5. The average molecular weight is 325 g/mol. The highest BCUT2D eigenvalue weighted by molar-refractivity contribution is 8.00. The minimum Gasteiger partial charge on any atom is -0.480 e.